The highest BCUT2D eigenvalue weighted by Crippen LogP contribution is 2.25. The lowest BCUT2D eigenvalue weighted by Gasteiger charge is -2.27. The van der Waals surface area contributed by atoms with Crippen LogP contribution in [0.1, 0.15) is 341 Å². The molecule has 1 atom stereocenters. The van der Waals surface area contributed by atoms with Gasteiger partial charge in [0, 0.05) is 0 Å². The van der Waals surface area contributed by atoms with Gasteiger partial charge in [-0.3, -0.25) is 9.59 Å². The molecule has 1 fully saturated rings. The number of cyclic esters (lactones) is 2. The van der Waals surface area contributed by atoms with Gasteiger partial charge >= 0.3 is 11.9 Å². The number of hydrogen-bond donors (Lipinski definition) is 2. The second-order valence-corrected chi connectivity index (χ2v) is 22.4. The van der Waals surface area contributed by atoms with Crippen LogP contribution in [0, 0.1) is 11.3 Å². The molecule has 1 rings (SSSR count). The molecular formula is C63H120O6. The average molecular weight is 974 g/mol. The van der Waals surface area contributed by atoms with Gasteiger partial charge in [-0.2, -0.15) is 0 Å². The van der Waals surface area contributed by atoms with E-state index in [1.54, 1.807) is 0 Å². The fourth-order valence-corrected chi connectivity index (χ4v) is 10.4. The highest BCUT2D eigenvalue weighted by molar-refractivity contribution is 5.80. The summed E-state index contributed by atoms with van der Waals surface area (Å²) in [6.07, 6.45) is 75.7. The Bertz CT molecular complexity index is 1090. The molecule has 0 aromatic carbocycles. The fraction of sp³-hybridized carbons (Fsp3) is 0.937. The molecular weight excluding hydrogens is 853 g/mol. The van der Waals surface area contributed by atoms with E-state index in [0.29, 0.717) is 6.42 Å². The molecule has 1 aliphatic heterocycles. The minimum Gasteiger partial charge on any atom is -0.465 e. The molecule has 0 aromatic rings. The Morgan fingerprint density at radius 3 is 0.899 bits per heavy atom. The highest BCUT2D eigenvalue weighted by atomic mass is 16.6. The molecule has 6 nitrogen and oxygen atoms in total. The number of aliphatic hydroxyl groups excluding tert-OH is 2. The largest absolute Gasteiger partial charge is 0.465 e. The molecule has 0 spiro atoms. The van der Waals surface area contributed by atoms with Crippen LogP contribution in [0.3, 0.4) is 0 Å². The van der Waals surface area contributed by atoms with Gasteiger partial charge in [0.2, 0.25) is 0 Å². The summed E-state index contributed by atoms with van der Waals surface area (Å²) in [5, 5.41) is 19.2. The molecule has 69 heavy (non-hydrogen) atoms. The summed E-state index contributed by atoms with van der Waals surface area (Å²) < 4.78 is 10.6. The molecule has 0 saturated carbocycles. The lowest BCUT2D eigenvalue weighted by molar-refractivity contribution is -0.155. The Kier molecular flexibility index (Phi) is 50.3. The van der Waals surface area contributed by atoms with E-state index < -0.39 is 36.5 Å². The second-order valence-electron chi connectivity index (χ2n) is 22.4. The first-order valence-electron chi connectivity index (χ1n) is 31.3. The molecule has 0 radical (unpaired) electrons. The Balaban J connectivity index is 1.68. The Hall–Kier alpha value is -1.40. The Morgan fingerprint density at radius 2 is 0.623 bits per heavy atom. The van der Waals surface area contributed by atoms with Crippen molar-refractivity contribution in [1.29, 1.82) is 0 Å². The lowest BCUT2D eigenvalue weighted by atomic mass is 9.92. The monoisotopic (exact) mass is 973 g/mol. The highest BCUT2D eigenvalue weighted by Gasteiger charge is 2.36. The quantitative estimate of drug-likeness (QED) is 0.0358. The van der Waals surface area contributed by atoms with Gasteiger partial charge in [0.25, 0.3) is 0 Å². The second kappa shape index (κ2) is 52.9. The number of rotatable bonds is 54. The smallest absolute Gasteiger partial charge is 0.309 e. The van der Waals surface area contributed by atoms with Crippen molar-refractivity contribution in [3.63, 3.8) is 0 Å². The Morgan fingerprint density at radius 1 is 0.377 bits per heavy atom. The van der Waals surface area contributed by atoms with Crippen LogP contribution in [-0.4, -0.2) is 48.6 Å². The topological polar surface area (TPSA) is 93.1 Å². The van der Waals surface area contributed by atoms with Crippen molar-refractivity contribution in [3.8, 4) is 0 Å². The summed E-state index contributed by atoms with van der Waals surface area (Å²) in [6, 6.07) is 0. The van der Waals surface area contributed by atoms with Crippen LogP contribution in [0.5, 0.6) is 0 Å². The van der Waals surface area contributed by atoms with E-state index >= 15 is 0 Å². The minimum atomic E-state index is -1.12. The Labute approximate surface area is 430 Å². The van der Waals surface area contributed by atoms with Crippen molar-refractivity contribution in [2.75, 3.05) is 26.4 Å². The van der Waals surface area contributed by atoms with Crippen LogP contribution in [0.25, 0.3) is 0 Å². The first-order chi connectivity index (χ1) is 34.1. The maximum Gasteiger partial charge on any atom is 0.309 e. The SMILES string of the molecule is CCCCCCCCCCC/C=C/CCCCCCCCCCCCCCCCCCCCCCCCCCCCCCCCCCCCCCCCCC1CC(=O)OCC(CO)(CO)COC1=O. The molecule has 2 N–H and O–H groups in total. The summed E-state index contributed by atoms with van der Waals surface area (Å²) in [7, 11) is 0. The van der Waals surface area contributed by atoms with Gasteiger partial charge in [-0.25, -0.2) is 0 Å². The van der Waals surface area contributed by atoms with Crippen LogP contribution in [0.2, 0.25) is 0 Å². The van der Waals surface area contributed by atoms with E-state index in [2.05, 4.69) is 19.1 Å². The predicted molar refractivity (Wildman–Crippen MR) is 297 cm³/mol. The zero-order valence-electron chi connectivity index (χ0n) is 46.4. The van der Waals surface area contributed by atoms with Crippen LogP contribution in [-0.2, 0) is 19.1 Å². The number of carbonyl (C=O) groups is 2. The molecule has 0 aromatic heterocycles. The predicted octanol–water partition coefficient (Wildman–Crippen LogP) is 19.5. The van der Waals surface area contributed by atoms with E-state index in [4.69, 9.17) is 9.47 Å². The summed E-state index contributed by atoms with van der Waals surface area (Å²) in [5.41, 5.74) is -1.12. The van der Waals surface area contributed by atoms with Crippen LogP contribution < -0.4 is 0 Å². The minimum absolute atomic E-state index is 0.00506. The van der Waals surface area contributed by atoms with E-state index in [9.17, 15) is 19.8 Å². The fourth-order valence-electron chi connectivity index (χ4n) is 10.4. The summed E-state index contributed by atoms with van der Waals surface area (Å²) in [4.78, 5) is 24.7. The third-order valence-electron chi connectivity index (χ3n) is 15.5. The molecule has 1 unspecified atom stereocenters. The van der Waals surface area contributed by atoms with Crippen molar-refractivity contribution >= 4 is 11.9 Å². The normalized spacial score (nSPS) is 15.4. The third kappa shape index (κ3) is 45.0. The zero-order valence-corrected chi connectivity index (χ0v) is 46.4. The van der Waals surface area contributed by atoms with Gasteiger partial charge in [0.05, 0.1) is 31.0 Å². The molecule has 1 heterocycles. The first-order valence-corrected chi connectivity index (χ1v) is 31.3. The lowest BCUT2D eigenvalue weighted by Crippen LogP contribution is -2.40. The number of esters is 2. The number of allylic oxidation sites excluding steroid dienone is 2. The van der Waals surface area contributed by atoms with Gasteiger partial charge in [-0.05, 0) is 32.1 Å². The van der Waals surface area contributed by atoms with Crippen molar-refractivity contribution in [2.45, 2.75) is 341 Å². The zero-order chi connectivity index (χ0) is 49.7. The maximum absolute atomic E-state index is 12.5. The van der Waals surface area contributed by atoms with Crippen LogP contribution in [0.4, 0.5) is 0 Å². The van der Waals surface area contributed by atoms with Gasteiger partial charge in [-0.1, -0.05) is 314 Å². The summed E-state index contributed by atoms with van der Waals surface area (Å²) >= 11 is 0. The van der Waals surface area contributed by atoms with Crippen molar-refractivity contribution < 1.29 is 29.3 Å². The van der Waals surface area contributed by atoms with Gasteiger partial charge < -0.3 is 19.7 Å². The van der Waals surface area contributed by atoms with E-state index in [-0.39, 0.29) is 19.6 Å². The van der Waals surface area contributed by atoms with Gasteiger partial charge in [0.15, 0.2) is 0 Å². The van der Waals surface area contributed by atoms with E-state index in [1.807, 2.05) is 0 Å². The van der Waals surface area contributed by atoms with Crippen molar-refractivity contribution in [3.05, 3.63) is 12.2 Å². The van der Waals surface area contributed by atoms with Gasteiger partial charge in [0.1, 0.15) is 13.2 Å². The summed E-state index contributed by atoms with van der Waals surface area (Å²) in [6.45, 7) is 1.21. The van der Waals surface area contributed by atoms with Crippen LogP contribution in [0.15, 0.2) is 12.2 Å². The van der Waals surface area contributed by atoms with Crippen molar-refractivity contribution in [2.24, 2.45) is 11.3 Å². The number of aliphatic hydroxyl groups is 2. The number of hydrogen-bond acceptors (Lipinski definition) is 6. The van der Waals surface area contributed by atoms with Gasteiger partial charge in [-0.15, -0.1) is 0 Å². The molecule has 0 aliphatic carbocycles. The maximum atomic E-state index is 12.5. The third-order valence-corrected chi connectivity index (χ3v) is 15.5. The number of ether oxygens (including phenoxy) is 2. The molecule has 0 bridgehead atoms. The van der Waals surface area contributed by atoms with E-state index in [0.717, 1.165) is 19.3 Å². The first kappa shape index (κ1) is 65.6. The molecule has 6 heteroatoms. The standard InChI is InChI=1S/C63H120O6/c1-2-3-4-5-6-7-8-9-10-11-12-13-14-15-16-17-18-19-20-21-22-23-24-25-26-27-28-29-30-31-32-33-34-35-36-37-38-39-40-41-42-43-44-45-46-47-48-49-50-51-52-53-54-60-55-61(66)68-58-63(56-64,57-65)59-69-62(60)67/h12-13,60,64-65H,2-11,14-59H2,1H3/b13-12+. The molecule has 1 saturated heterocycles. The number of carbonyl (C=O) groups excluding carboxylic acids is 2. The summed E-state index contributed by atoms with van der Waals surface area (Å²) in [5.74, 6) is -1.40. The molecule has 408 valence electrons. The molecule has 0 amide bonds. The average Bonchev–Trinajstić information content (AvgIpc) is 3.41. The van der Waals surface area contributed by atoms with Crippen LogP contribution >= 0.6 is 0 Å². The number of unbranched alkanes of at least 4 members (excludes halogenated alkanes) is 48. The molecule has 1 aliphatic rings. The van der Waals surface area contributed by atoms with E-state index in [1.165, 1.54) is 302 Å². The van der Waals surface area contributed by atoms with Crippen molar-refractivity contribution in [1.82, 2.24) is 0 Å².